The average Bonchev–Trinajstić information content (AvgIpc) is 2.97. The van der Waals surface area contributed by atoms with Crippen molar-refractivity contribution in [1.82, 2.24) is 20.4 Å². The van der Waals surface area contributed by atoms with Crippen molar-refractivity contribution in [3.63, 3.8) is 0 Å². The van der Waals surface area contributed by atoms with Crippen LogP contribution in [-0.4, -0.2) is 40.7 Å². The molecule has 3 rings (SSSR count). The van der Waals surface area contributed by atoms with Crippen molar-refractivity contribution in [2.75, 3.05) is 24.5 Å². The number of amides is 1. The Hall–Kier alpha value is -2.18. The lowest BCUT2D eigenvalue weighted by atomic mass is 9.97. The highest BCUT2D eigenvalue weighted by molar-refractivity contribution is 5.88. The van der Waals surface area contributed by atoms with Gasteiger partial charge in [-0.05, 0) is 26.2 Å². The monoisotopic (exact) mass is 317 g/mol. The van der Waals surface area contributed by atoms with Gasteiger partial charge >= 0.3 is 0 Å². The van der Waals surface area contributed by atoms with Gasteiger partial charge in [0.25, 0.3) is 5.71 Å². The number of aromatic nitrogens is 3. The second-order valence-electron chi connectivity index (χ2n) is 6.08. The number of unbranched alkanes of at least 4 members (excludes halogenated alkanes) is 1. The summed E-state index contributed by atoms with van der Waals surface area (Å²) in [6.07, 6.45) is 5.50. The van der Waals surface area contributed by atoms with Crippen molar-refractivity contribution < 1.29 is 9.32 Å². The molecule has 3 heterocycles. The van der Waals surface area contributed by atoms with Crippen LogP contribution in [0.5, 0.6) is 0 Å². The maximum atomic E-state index is 12.3. The van der Waals surface area contributed by atoms with Gasteiger partial charge in [-0.1, -0.05) is 18.5 Å². The van der Waals surface area contributed by atoms with E-state index in [9.17, 15) is 4.79 Å². The van der Waals surface area contributed by atoms with Crippen molar-refractivity contribution in [2.45, 2.75) is 39.5 Å². The standard InChI is InChI=1S/C16H23N5O2/c1-3-4-7-17-15(22)12-6-5-8-21(9-12)14-13-11(2)20-23-16(13)19-10-18-14/h10,12H,3-9H2,1-2H3,(H,17,22)/t12-/m0/s1. The van der Waals surface area contributed by atoms with E-state index in [0.717, 1.165) is 55.7 Å². The molecule has 2 aromatic rings. The van der Waals surface area contributed by atoms with E-state index in [1.165, 1.54) is 6.33 Å². The molecule has 0 radical (unpaired) electrons. The Labute approximate surface area is 135 Å². The second-order valence-corrected chi connectivity index (χ2v) is 6.08. The maximum Gasteiger partial charge on any atom is 0.263 e. The minimum atomic E-state index is 0.00536. The van der Waals surface area contributed by atoms with Crippen LogP contribution in [0.15, 0.2) is 10.9 Å². The number of hydrogen-bond donors (Lipinski definition) is 1. The Kier molecular flexibility index (Phi) is 4.73. The predicted octanol–water partition coefficient (Wildman–Crippen LogP) is 2.06. The molecule has 0 bridgehead atoms. The zero-order valence-electron chi connectivity index (χ0n) is 13.7. The molecule has 1 saturated heterocycles. The van der Waals surface area contributed by atoms with Crippen LogP contribution >= 0.6 is 0 Å². The molecule has 0 unspecified atom stereocenters. The first kappa shape index (κ1) is 15.7. The number of fused-ring (bicyclic) bond motifs is 1. The lowest BCUT2D eigenvalue weighted by Crippen LogP contribution is -2.43. The van der Waals surface area contributed by atoms with E-state index in [1.807, 2.05) is 6.92 Å². The first-order chi connectivity index (χ1) is 11.2. The molecule has 124 valence electrons. The van der Waals surface area contributed by atoms with Crippen LogP contribution in [0.25, 0.3) is 11.1 Å². The van der Waals surface area contributed by atoms with Crippen molar-refractivity contribution in [2.24, 2.45) is 5.92 Å². The first-order valence-electron chi connectivity index (χ1n) is 8.30. The van der Waals surface area contributed by atoms with Crippen molar-refractivity contribution in [3.8, 4) is 0 Å². The van der Waals surface area contributed by atoms with Crippen LogP contribution in [0.4, 0.5) is 5.82 Å². The van der Waals surface area contributed by atoms with Gasteiger partial charge in [-0.15, -0.1) is 0 Å². The topological polar surface area (TPSA) is 84.2 Å². The lowest BCUT2D eigenvalue weighted by Gasteiger charge is -2.33. The number of nitrogens with one attached hydrogen (secondary N) is 1. The highest BCUT2D eigenvalue weighted by atomic mass is 16.5. The number of hydrogen-bond acceptors (Lipinski definition) is 6. The van der Waals surface area contributed by atoms with Crippen LogP contribution in [0, 0.1) is 12.8 Å². The summed E-state index contributed by atoms with van der Waals surface area (Å²) in [5.74, 6) is 0.973. The van der Waals surface area contributed by atoms with Gasteiger partial charge in [0.15, 0.2) is 0 Å². The van der Waals surface area contributed by atoms with Gasteiger partial charge in [0, 0.05) is 19.6 Å². The van der Waals surface area contributed by atoms with Gasteiger partial charge in [0.1, 0.15) is 17.5 Å². The molecule has 1 atom stereocenters. The third kappa shape index (κ3) is 3.28. The quantitative estimate of drug-likeness (QED) is 0.850. The second kappa shape index (κ2) is 6.93. The molecule has 23 heavy (non-hydrogen) atoms. The third-order valence-corrected chi connectivity index (χ3v) is 4.34. The number of anilines is 1. The molecular formula is C16H23N5O2. The van der Waals surface area contributed by atoms with Gasteiger partial charge in [0.2, 0.25) is 5.91 Å². The van der Waals surface area contributed by atoms with E-state index < -0.39 is 0 Å². The Morgan fingerprint density at radius 1 is 1.48 bits per heavy atom. The van der Waals surface area contributed by atoms with Gasteiger partial charge in [-0.2, -0.15) is 4.98 Å². The molecule has 7 nitrogen and oxygen atoms in total. The van der Waals surface area contributed by atoms with Crippen molar-refractivity contribution >= 4 is 22.8 Å². The molecule has 1 N–H and O–H groups in total. The molecule has 2 aromatic heterocycles. The number of carbonyl (C=O) groups excluding carboxylic acids is 1. The smallest absolute Gasteiger partial charge is 0.263 e. The molecule has 0 aliphatic carbocycles. The Balaban J connectivity index is 1.75. The van der Waals surface area contributed by atoms with E-state index in [2.05, 4.69) is 32.3 Å². The van der Waals surface area contributed by atoms with Crippen molar-refractivity contribution in [3.05, 3.63) is 12.0 Å². The number of aryl methyl sites for hydroxylation is 1. The predicted molar refractivity (Wildman–Crippen MR) is 87.2 cm³/mol. The fourth-order valence-corrected chi connectivity index (χ4v) is 3.06. The molecule has 0 saturated carbocycles. The van der Waals surface area contributed by atoms with E-state index in [-0.39, 0.29) is 11.8 Å². The largest absolute Gasteiger partial charge is 0.356 e. The van der Waals surface area contributed by atoms with Gasteiger partial charge in [-0.3, -0.25) is 4.79 Å². The van der Waals surface area contributed by atoms with Crippen LogP contribution < -0.4 is 10.2 Å². The van der Waals surface area contributed by atoms with Gasteiger partial charge in [-0.25, -0.2) is 4.98 Å². The van der Waals surface area contributed by atoms with Crippen LogP contribution in [0.2, 0.25) is 0 Å². The fourth-order valence-electron chi connectivity index (χ4n) is 3.06. The number of nitrogens with zero attached hydrogens (tertiary/aromatic N) is 4. The van der Waals surface area contributed by atoms with Gasteiger partial charge in [0.05, 0.1) is 11.6 Å². The summed E-state index contributed by atoms with van der Waals surface area (Å²) in [7, 11) is 0. The number of carbonyl (C=O) groups is 1. The summed E-state index contributed by atoms with van der Waals surface area (Å²) >= 11 is 0. The van der Waals surface area contributed by atoms with Gasteiger partial charge < -0.3 is 14.7 Å². The molecule has 0 spiro atoms. The zero-order chi connectivity index (χ0) is 16.2. The van der Waals surface area contributed by atoms with Crippen LogP contribution in [-0.2, 0) is 4.79 Å². The molecule has 1 fully saturated rings. The average molecular weight is 317 g/mol. The summed E-state index contributed by atoms with van der Waals surface area (Å²) in [6.45, 7) is 6.33. The van der Waals surface area contributed by atoms with E-state index in [0.29, 0.717) is 12.3 Å². The highest BCUT2D eigenvalue weighted by Gasteiger charge is 2.28. The summed E-state index contributed by atoms with van der Waals surface area (Å²) in [4.78, 5) is 23.0. The number of rotatable bonds is 5. The Morgan fingerprint density at radius 2 is 2.35 bits per heavy atom. The molecule has 1 amide bonds. The normalized spacial score (nSPS) is 18.3. The minimum absolute atomic E-state index is 0.00536. The molecular weight excluding hydrogens is 294 g/mol. The molecule has 0 aromatic carbocycles. The maximum absolute atomic E-state index is 12.3. The first-order valence-corrected chi connectivity index (χ1v) is 8.30. The zero-order valence-corrected chi connectivity index (χ0v) is 13.7. The minimum Gasteiger partial charge on any atom is -0.356 e. The van der Waals surface area contributed by atoms with E-state index in [1.54, 1.807) is 0 Å². The lowest BCUT2D eigenvalue weighted by molar-refractivity contribution is -0.125. The summed E-state index contributed by atoms with van der Waals surface area (Å²) in [5, 5.41) is 7.86. The third-order valence-electron chi connectivity index (χ3n) is 4.34. The SMILES string of the molecule is CCCCNC(=O)[C@H]1CCCN(c2ncnc3onc(C)c23)C1. The summed E-state index contributed by atoms with van der Waals surface area (Å²) in [6, 6.07) is 0. The van der Waals surface area contributed by atoms with E-state index >= 15 is 0 Å². The summed E-state index contributed by atoms with van der Waals surface area (Å²) < 4.78 is 5.21. The number of piperidine rings is 1. The fraction of sp³-hybridized carbons (Fsp3) is 0.625. The van der Waals surface area contributed by atoms with E-state index in [4.69, 9.17) is 4.52 Å². The Bertz CT molecular complexity index is 684. The molecule has 7 heteroatoms. The summed E-state index contributed by atoms with van der Waals surface area (Å²) in [5.41, 5.74) is 1.28. The highest BCUT2D eigenvalue weighted by Crippen LogP contribution is 2.29. The molecule has 1 aliphatic rings. The van der Waals surface area contributed by atoms with Crippen LogP contribution in [0.3, 0.4) is 0 Å². The Morgan fingerprint density at radius 3 is 3.17 bits per heavy atom. The van der Waals surface area contributed by atoms with Crippen LogP contribution in [0.1, 0.15) is 38.3 Å². The molecule has 1 aliphatic heterocycles. The van der Waals surface area contributed by atoms with Crippen molar-refractivity contribution in [1.29, 1.82) is 0 Å².